The molecular formula is C13H12BFO. The minimum atomic E-state index is -0.292. The highest BCUT2D eigenvalue weighted by atomic mass is 19.1. The summed E-state index contributed by atoms with van der Waals surface area (Å²) >= 11 is 0. The molecule has 0 saturated heterocycles. The Morgan fingerprint density at radius 3 is 2.38 bits per heavy atom. The summed E-state index contributed by atoms with van der Waals surface area (Å²) in [5.74, 6) is 0.732. The van der Waals surface area contributed by atoms with Gasteiger partial charge in [-0.3, -0.25) is 0 Å². The molecule has 0 amide bonds. The predicted octanol–water partition coefficient (Wildman–Crippen LogP) is 3.40. The van der Waals surface area contributed by atoms with Crippen molar-refractivity contribution in [3.63, 3.8) is 0 Å². The van der Waals surface area contributed by atoms with Crippen LogP contribution in [0.4, 0.5) is 4.39 Å². The van der Waals surface area contributed by atoms with Gasteiger partial charge < -0.3 is 4.74 Å². The number of hydrogen-bond donors (Lipinski definition) is 0. The summed E-state index contributed by atoms with van der Waals surface area (Å²) in [6, 6.07) is 5.90. The van der Waals surface area contributed by atoms with E-state index in [9.17, 15) is 4.39 Å². The standard InChI is InChI=1S/C13H12BFO/c1-9(14)8-10(2)16-11(3)12-4-6-13(15)7-5-12/h4-8H,1,3H2,2H3/b10-8+. The quantitative estimate of drug-likeness (QED) is 0.424. The third-order valence-corrected chi connectivity index (χ3v) is 1.84. The normalized spacial score (nSPS) is 11.0. The van der Waals surface area contributed by atoms with E-state index in [4.69, 9.17) is 12.6 Å². The highest BCUT2D eigenvalue weighted by molar-refractivity contribution is 6.23. The summed E-state index contributed by atoms with van der Waals surface area (Å²) in [5.41, 5.74) is 1.13. The molecule has 80 valence electrons. The molecule has 0 aliphatic heterocycles. The van der Waals surface area contributed by atoms with Gasteiger partial charge in [-0.05, 0) is 37.3 Å². The Morgan fingerprint density at radius 1 is 1.31 bits per heavy atom. The fourth-order valence-electron chi connectivity index (χ4n) is 1.18. The van der Waals surface area contributed by atoms with Gasteiger partial charge in [0.05, 0.1) is 0 Å². The minimum absolute atomic E-state index is 0.292. The van der Waals surface area contributed by atoms with Crippen molar-refractivity contribution < 1.29 is 9.13 Å². The SMILES string of the molecule is [B]C(=C)/C=C(\C)OC(=C)c1ccc(F)cc1. The molecule has 1 rings (SSSR count). The van der Waals surface area contributed by atoms with Gasteiger partial charge >= 0.3 is 0 Å². The van der Waals surface area contributed by atoms with Crippen LogP contribution in [0.3, 0.4) is 0 Å². The Labute approximate surface area is 96.3 Å². The van der Waals surface area contributed by atoms with E-state index in [2.05, 4.69) is 13.2 Å². The van der Waals surface area contributed by atoms with Crippen LogP contribution in [-0.2, 0) is 4.74 Å². The molecule has 1 nitrogen and oxygen atoms in total. The van der Waals surface area contributed by atoms with Crippen LogP contribution >= 0.6 is 0 Å². The lowest BCUT2D eigenvalue weighted by atomic mass is 9.97. The Bertz CT molecular complexity index is 432. The average molecular weight is 214 g/mol. The lowest BCUT2D eigenvalue weighted by molar-refractivity contribution is 0.386. The summed E-state index contributed by atoms with van der Waals surface area (Å²) in [6.07, 6.45) is 1.59. The number of benzene rings is 1. The largest absolute Gasteiger partial charge is 0.462 e. The summed E-state index contributed by atoms with van der Waals surface area (Å²) in [7, 11) is 5.40. The molecule has 0 bridgehead atoms. The number of ether oxygens (including phenoxy) is 1. The van der Waals surface area contributed by atoms with Gasteiger partial charge in [0, 0.05) is 5.56 Å². The number of allylic oxidation sites excluding steroid dienone is 3. The van der Waals surface area contributed by atoms with Gasteiger partial charge in [0.2, 0.25) is 0 Å². The molecule has 1 aromatic rings. The molecule has 0 aliphatic carbocycles. The summed E-state index contributed by atoms with van der Waals surface area (Å²) < 4.78 is 18.1. The van der Waals surface area contributed by atoms with E-state index in [0.29, 0.717) is 17.0 Å². The van der Waals surface area contributed by atoms with Gasteiger partial charge in [0.15, 0.2) is 0 Å². The van der Waals surface area contributed by atoms with Crippen LogP contribution in [0.2, 0.25) is 0 Å². The van der Waals surface area contributed by atoms with Crippen LogP contribution in [0.1, 0.15) is 12.5 Å². The van der Waals surface area contributed by atoms with Gasteiger partial charge in [-0.2, -0.15) is 0 Å². The van der Waals surface area contributed by atoms with E-state index < -0.39 is 0 Å². The molecule has 0 heterocycles. The monoisotopic (exact) mass is 214 g/mol. The smallest absolute Gasteiger partial charge is 0.126 e. The maximum absolute atomic E-state index is 12.7. The Balaban J connectivity index is 2.73. The first-order valence-corrected chi connectivity index (χ1v) is 4.74. The lowest BCUT2D eigenvalue weighted by Crippen LogP contribution is -1.90. The first-order chi connectivity index (χ1) is 7.49. The fourth-order valence-corrected chi connectivity index (χ4v) is 1.18. The Kier molecular flexibility index (Phi) is 4.12. The third kappa shape index (κ3) is 3.77. The van der Waals surface area contributed by atoms with Gasteiger partial charge in [-0.15, -0.1) is 12.1 Å². The molecule has 0 spiro atoms. The topological polar surface area (TPSA) is 9.23 Å². The highest BCUT2D eigenvalue weighted by Gasteiger charge is 2.01. The molecular weight excluding hydrogens is 202 g/mol. The minimum Gasteiger partial charge on any atom is -0.462 e. The Hall–Kier alpha value is -1.77. The number of halogens is 1. The van der Waals surface area contributed by atoms with E-state index in [1.54, 1.807) is 25.1 Å². The lowest BCUT2D eigenvalue weighted by Gasteiger charge is -2.09. The van der Waals surface area contributed by atoms with Gasteiger partial charge in [-0.1, -0.05) is 6.58 Å². The first kappa shape index (κ1) is 12.3. The van der Waals surface area contributed by atoms with Crippen molar-refractivity contribution in [1.82, 2.24) is 0 Å². The van der Waals surface area contributed by atoms with Crippen LogP contribution in [-0.4, -0.2) is 7.85 Å². The van der Waals surface area contributed by atoms with Crippen LogP contribution in [0.25, 0.3) is 5.76 Å². The summed E-state index contributed by atoms with van der Waals surface area (Å²) in [6.45, 7) is 9.02. The average Bonchev–Trinajstić information content (AvgIpc) is 2.16. The molecule has 0 unspecified atom stereocenters. The van der Waals surface area contributed by atoms with Crippen molar-refractivity contribution >= 4 is 13.6 Å². The third-order valence-electron chi connectivity index (χ3n) is 1.84. The molecule has 0 aromatic heterocycles. The van der Waals surface area contributed by atoms with Crippen LogP contribution in [0.15, 0.2) is 54.7 Å². The molecule has 3 heteroatoms. The molecule has 16 heavy (non-hydrogen) atoms. The maximum atomic E-state index is 12.7. The van der Waals surface area contributed by atoms with E-state index in [1.165, 1.54) is 12.1 Å². The molecule has 1 aromatic carbocycles. The van der Waals surface area contributed by atoms with Gasteiger partial charge in [0.1, 0.15) is 25.2 Å². The number of hydrogen-bond acceptors (Lipinski definition) is 1. The second kappa shape index (κ2) is 5.35. The van der Waals surface area contributed by atoms with E-state index >= 15 is 0 Å². The Morgan fingerprint density at radius 2 is 1.88 bits per heavy atom. The predicted molar refractivity (Wildman–Crippen MR) is 65.2 cm³/mol. The zero-order chi connectivity index (χ0) is 12.1. The van der Waals surface area contributed by atoms with Crippen molar-refractivity contribution in [3.8, 4) is 0 Å². The molecule has 0 fully saturated rings. The molecule has 0 saturated carbocycles. The van der Waals surface area contributed by atoms with Crippen LogP contribution in [0, 0.1) is 5.82 Å². The molecule has 2 radical (unpaired) electrons. The van der Waals surface area contributed by atoms with Gasteiger partial charge in [0.25, 0.3) is 0 Å². The van der Waals surface area contributed by atoms with Crippen LogP contribution < -0.4 is 0 Å². The van der Waals surface area contributed by atoms with Gasteiger partial charge in [-0.25, -0.2) is 4.39 Å². The van der Waals surface area contributed by atoms with E-state index in [0.717, 1.165) is 5.56 Å². The van der Waals surface area contributed by atoms with Crippen LogP contribution in [0.5, 0.6) is 0 Å². The van der Waals surface area contributed by atoms with E-state index in [-0.39, 0.29) is 5.82 Å². The molecule has 0 N–H and O–H groups in total. The number of rotatable bonds is 4. The van der Waals surface area contributed by atoms with Crippen molar-refractivity contribution in [1.29, 1.82) is 0 Å². The second-order valence-electron chi connectivity index (χ2n) is 3.36. The van der Waals surface area contributed by atoms with Crippen molar-refractivity contribution in [2.24, 2.45) is 0 Å². The highest BCUT2D eigenvalue weighted by Crippen LogP contribution is 2.17. The zero-order valence-electron chi connectivity index (χ0n) is 9.16. The molecule has 0 aliphatic rings. The second-order valence-corrected chi connectivity index (χ2v) is 3.36. The van der Waals surface area contributed by atoms with Crippen molar-refractivity contribution in [2.75, 3.05) is 0 Å². The van der Waals surface area contributed by atoms with Crippen molar-refractivity contribution in [2.45, 2.75) is 6.92 Å². The maximum Gasteiger partial charge on any atom is 0.126 e. The summed E-state index contributed by atoms with van der Waals surface area (Å²) in [4.78, 5) is 0. The first-order valence-electron chi connectivity index (χ1n) is 4.74. The van der Waals surface area contributed by atoms with E-state index in [1.807, 2.05) is 0 Å². The zero-order valence-corrected chi connectivity index (χ0v) is 9.16. The fraction of sp³-hybridized carbons (Fsp3) is 0.0769. The summed E-state index contributed by atoms with van der Waals surface area (Å²) in [5, 5.41) is 0. The van der Waals surface area contributed by atoms with Crippen molar-refractivity contribution in [3.05, 3.63) is 66.1 Å². The molecule has 0 atom stereocenters.